The maximum absolute atomic E-state index is 14.7. The van der Waals surface area contributed by atoms with E-state index in [9.17, 15) is 24.6 Å². The number of carbonyl (C=O) groups is 3. The van der Waals surface area contributed by atoms with E-state index in [0.29, 0.717) is 0 Å². The summed E-state index contributed by atoms with van der Waals surface area (Å²) in [5, 5.41) is 26.5. The molecule has 1 aliphatic heterocycles. The summed E-state index contributed by atoms with van der Waals surface area (Å²) < 4.78 is -1.96. The molecule has 274 valence electrons. The second-order valence-electron chi connectivity index (χ2n) is 13.9. The summed E-state index contributed by atoms with van der Waals surface area (Å²) in [4.78, 5) is 47.8. The molecule has 5 aromatic rings. The minimum Gasteiger partial charge on any atom is -0.465 e. The van der Waals surface area contributed by atoms with Gasteiger partial charge in [0.15, 0.2) is 0 Å². The number of thioether (sulfide) groups is 1. The summed E-state index contributed by atoms with van der Waals surface area (Å²) in [5.41, 5.74) is 7.54. The third kappa shape index (κ3) is 8.02. The van der Waals surface area contributed by atoms with Gasteiger partial charge in [0.2, 0.25) is 11.8 Å². The Morgan fingerprint density at radius 1 is 0.849 bits per heavy atom. The number of benzene rings is 4. The number of nitrogens with one attached hydrogen (secondary N) is 2. The predicted octanol–water partition coefficient (Wildman–Crippen LogP) is 7.40. The average molecular weight is 749 g/mol. The molecule has 3 amide bonds. The summed E-state index contributed by atoms with van der Waals surface area (Å²) in [6.07, 6.45) is -2.29. The molecule has 1 saturated heterocycles. The number of aliphatic hydroxyl groups is 1. The van der Waals surface area contributed by atoms with Crippen LogP contribution in [0.25, 0.3) is 10.4 Å². The third-order valence-electron chi connectivity index (χ3n) is 9.81. The molecule has 1 aromatic heterocycles. The summed E-state index contributed by atoms with van der Waals surface area (Å²) in [6.45, 7) is 7.43. The number of hydrogen-bond acceptors (Lipinski definition) is 7. The van der Waals surface area contributed by atoms with Gasteiger partial charge >= 0.3 is 6.09 Å². The van der Waals surface area contributed by atoms with Gasteiger partial charge in [0.25, 0.3) is 0 Å². The minimum absolute atomic E-state index is 0.0310. The lowest BCUT2D eigenvalue weighted by Crippen LogP contribution is -2.60. The van der Waals surface area contributed by atoms with Crippen molar-refractivity contribution in [2.24, 2.45) is 0 Å². The molecule has 4 aromatic carbocycles. The number of amides is 3. The lowest BCUT2D eigenvalue weighted by molar-refractivity contribution is -0.140. The first-order valence-electron chi connectivity index (χ1n) is 17.6. The Labute approximate surface area is 318 Å². The van der Waals surface area contributed by atoms with E-state index in [1.165, 1.54) is 16.7 Å². The Kier molecular flexibility index (Phi) is 11.4. The molecule has 0 spiro atoms. The number of β-amino-alcohol motifs (C(OH)–C–C–N with tert-alkyl or cyclic N) is 1. The molecule has 4 N–H and O–H groups in total. The number of hydrogen-bond donors (Lipinski definition) is 4. The molecule has 4 atom stereocenters. The standard InChI is InChI=1S/C42H44N4O5S2/c1-27(29-20-22-30(23-21-29)36-28(2)43-26-52-36)44-38(48)35-24-34(47)25-46(35)39(49)37(45-40(50)51)41(3,4)53-42(31-14-8-5-9-15-31,32-16-10-6-11-17-32)33-18-12-7-13-19-33/h5-23,26-27,34-35,37,45,47H,24-25H2,1-4H3,(H,44,48)(H,50,51)/t27-,34+,35-,37+/m0/s1. The number of aromatic nitrogens is 1. The van der Waals surface area contributed by atoms with Crippen molar-refractivity contribution in [3.8, 4) is 10.4 Å². The highest BCUT2D eigenvalue weighted by Crippen LogP contribution is 2.54. The number of carboxylic acid groups (broad SMARTS) is 1. The SMILES string of the molecule is Cc1ncsc1-c1ccc([C@H](C)NC(=O)[C@@H]2C[C@@H](O)CN2C(=O)[C@@H](NC(=O)O)C(C)(C)SC(c2ccccc2)(c2ccccc2)c2ccccc2)cc1. The molecule has 0 saturated carbocycles. The first-order chi connectivity index (χ1) is 25.4. The summed E-state index contributed by atoms with van der Waals surface area (Å²) in [6, 6.07) is 35.1. The van der Waals surface area contributed by atoms with Crippen LogP contribution in [0.15, 0.2) is 121 Å². The van der Waals surface area contributed by atoms with Gasteiger partial charge in [-0.15, -0.1) is 23.1 Å². The van der Waals surface area contributed by atoms with Crippen LogP contribution >= 0.6 is 23.1 Å². The van der Waals surface area contributed by atoms with Gasteiger partial charge < -0.3 is 25.7 Å². The second kappa shape index (κ2) is 16.0. The molecule has 53 heavy (non-hydrogen) atoms. The van der Waals surface area contributed by atoms with Crippen LogP contribution in [-0.4, -0.2) is 67.5 Å². The predicted molar refractivity (Wildman–Crippen MR) is 211 cm³/mol. The largest absolute Gasteiger partial charge is 0.465 e. The topological polar surface area (TPSA) is 132 Å². The molecule has 9 nitrogen and oxygen atoms in total. The van der Waals surface area contributed by atoms with E-state index in [1.807, 2.05) is 148 Å². The van der Waals surface area contributed by atoms with E-state index in [4.69, 9.17) is 0 Å². The number of nitrogens with zero attached hydrogens (tertiary/aromatic N) is 2. The lowest BCUT2D eigenvalue weighted by Gasteiger charge is -2.44. The van der Waals surface area contributed by atoms with E-state index >= 15 is 0 Å². The molecular formula is C42H44N4O5S2. The van der Waals surface area contributed by atoms with Gasteiger partial charge in [-0.1, -0.05) is 115 Å². The molecular weight excluding hydrogens is 705 g/mol. The van der Waals surface area contributed by atoms with Gasteiger partial charge in [-0.25, -0.2) is 9.78 Å². The number of rotatable bonds is 12. The zero-order chi connectivity index (χ0) is 37.8. The normalized spacial score (nSPS) is 17.2. The average Bonchev–Trinajstić information content (AvgIpc) is 3.78. The summed E-state index contributed by atoms with van der Waals surface area (Å²) in [7, 11) is 0. The zero-order valence-electron chi connectivity index (χ0n) is 30.1. The maximum Gasteiger partial charge on any atom is 0.405 e. The lowest BCUT2D eigenvalue weighted by atomic mass is 9.84. The molecule has 2 heterocycles. The Morgan fingerprint density at radius 2 is 1.38 bits per heavy atom. The van der Waals surface area contributed by atoms with Gasteiger partial charge in [0.1, 0.15) is 12.1 Å². The van der Waals surface area contributed by atoms with Crippen LogP contribution < -0.4 is 10.6 Å². The number of likely N-dealkylation sites (tertiary alicyclic amines) is 1. The molecule has 11 heteroatoms. The van der Waals surface area contributed by atoms with E-state index < -0.39 is 51.6 Å². The van der Waals surface area contributed by atoms with Gasteiger partial charge in [0.05, 0.1) is 33.0 Å². The van der Waals surface area contributed by atoms with Crippen molar-refractivity contribution in [2.75, 3.05) is 6.54 Å². The Balaban J connectivity index is 1.30. The van der Waals surface area contributed by atoms with Crippen LogP contribution in [0.3, 0.4) is 0 Å². The van der Waals surface area contributed by atoms with Crippen LogP contribution in [0.4, 0.5) is 4.79 Å². The first-order valence-corrected chi connectivity index (χ1v) is 19.3. The molecule has 0 radical (unpaired) electrons. The van der Waals surface area contributed by atoms with E-state index in [1.54, 1.807) is 11.3 Å². The van der Waals surface area contributed by atoms with Crippen molar-refractivity contribution in [1.29, 1.82) is 0 Å². The maximum atomic E-state index is 14.7. The van der Waals surface area contributed by atoms with Crippen molar-refractivity contribution < 1.29 is 24.6 Å². The summed E-state index contributed by atoms with van der Waals surface area (Å²) >= 11 is 3.04. The zero-order valence-corrected chi connectivity index (χ0v) is 31.7. The molecule has 1 aliphatic rings. The van der Waals surface area contributed by atoms with Crippen molar-refractivity contribution in [1.82, 2.24) is 20.5 Å². The van der Waals surface area contributed by atoms with Crippen molar-refractivity contribution >= 4 is 41.0 Å². The number of aliphatic hydroxyl groups excluding tert-OH is 1. The monoisotopic (exact) mass is 748 g/mol. The number of carbonyl (C=O) groups excluding carboxylic acids is 2. The molecule has 1 fully saturated rings. The van der Waals surface area contributed by atoms with Crippen LogP contribution in [0, 0.1) is 6.92 Å². The quantitative estimate of drug-likeness (QED) is 0.0979. The highest BCUT2D eigenvalue weighted by molar-refractivity contribution is 8.02. The number of aryl methyl sites for hydroxylation is 1. The third-order valence-corrected chi connectivity index (χ3v) is 12.6. The second-order valence-corrected chi connectivity index (χ2v) is 16.6. The van der Waals surface area contributed by atoms with Crippen molar-refractivity contribution in [2.45, 2.75) is 67.8 Å². The molecule has 0 bridgehead atoms. The van der Waals surface area contributed by atoms with Gasteiger partial charge in [-0.2, -0.15) is 0 Å². The van der Waals surface area contributed by atoms with Gasteiger partial charge in [0, 0.05) is 17.7 Å². The smallest absolute Gasteiger partial charge is 0.405 e. The highest BCUT2D eigenvalue weighted by Gasteiger charge is 2.50. The van der Waals surface area contributed by atoms with Crippen LogP contribution in [-0.2, 0) is 14.3 Å². The minimum atomic E-state index is -1.37. The Morgan fingerprint density at radius 3 is 1.85 bits per heavy atom. The van der Waals surface area contributed by atoms with Crippen molar-refractivity contribution in [3.05, 3.63) is 149 Å². The van der Waals surface area contributed by atoms with Crippen LogP contribution in [0.1, 0.15) is 61.2 Å². The fourth-order valence-corrected chi connectivity index (χ4v) is 9.81. The fraction of sp³-hybridized carbons (Fsp3) is 0.286. The van der Waals surface area contributed by atoms with Crippen molar-refractivity contribution in [3.63, 3.8) is 0 Å². The van der Waals surface area contributed by atoms with E-state index in [0.717, 1.165) is 38.4 Å². The number of thiazole rings is 1. The van der Waals surface area contributed by atoms with Crippen LogP contribution in [0.5, 0.6) is 0 Å². The first kappa shape index (κ1) is 37.8. The van der Waals surface area contributed by atoms with E-state index in [-0.39, 0.29) is 13.0 Å². The molecule has 6 rings (SSSR count). The summed E-state index contributed by atoms with van der Waals surface area (Å²) in [5.74, 6) is -1.00. The van der Waals surface area contributed by atoms with Gasteiger partial charge in [-0.3, -0.25) is 9.59 Å². The molecule has 0 unspecified atom stereocenters. The highest BCUT2D eigenvalue weighted by atomic mass is 32.2. The van der Waals surface area contributed by atoms with Gasteiger partial charge in [-0.05, 0) is 55.5 Å². The van der Waals surface area contributed by atoms with Crippen LogP contribution in [0.2, 0.25) is 0 Å². The van der Waals surface area contributed by atoms with E-state index in [2.05, 4.69) is 15.6 Å². The Bertz CT molecular complexity index is 1930. The Hall–Kier alpha value is -4.97. The molecule has 0 aliphatic carbocycles. The fourth-order valence-electron chi connectivity index (χ4n) is 7.17.